The van der Waals surface area contributed by atoms with Crippen molar-refractivity contribution in [2.75, 3.05) is 42.5 Å². The summed E-state index contributed by atoms with van der Waals surface area (Å²) in [7, 11) is 0. The molecule has 1 atom stereocenters. The highest BCUT2D eigenvalue weighted by atomic mass is 32.1. The summed E-state index contributed by atoms with van der Waals surface area (Å²) in [5, 5.41) is 0.980. The van der Waals surface area contributed by atoms with Gasteiger partial charge in [-0.15, -0.1) is 0 Å². The van der Waals surface area contributed by atoms with Gasteiger partial charge >= 0.3 is 0 Å². The Morgan fingerprint density at radius 2 is 1.83 bits per heavy atom. The number of carbonyl (C=O) groups excluding carboxylic acids is 1. The summed E-state index contributed by atoms with van der Waals surface area (Å²) in [6.45, 7) is 4.43. The number of hydrogen-bond acceptors (Lipinski definition) is 6. The lowest BCUT2D eigenvalue weighted by Gasteiger charge is -2.36. The van der Waals surface area contributed by atoms with Crippen LogP contribution in [0.4, 0.5) is 10.8 Å². The standard InChI is InChI=1S/C16H19N5OS/c22-15-14(6-7-21(15)13-4-2-1-3-5-13)19-8-10-20(11-9-19)16-17-12-18-23-16/h1-5,12,14H,6-11H2. The molecule has 0 spiro atoms. The highest BCUT2D eigenvalue weighted by molar-refractivity contribution is 7.09. The van der Waals surface area contributed by atoms with Gasteiger partial charge in [-0.1, -0.05) is 18.2 Å². The van der Waals surface area contributed by atoms with Gasteiger partial charge in [0.1, 0.15) is 6.33 Å². The fourth-order valence-electron chi connectivity index (χ4n) is 3.40. The summed E-state index contributed by atoms with van der Waals surface area (Å²) < 4.78 is 4.06. The van der Waals surface area contributed by atoms with E-state index in [4.69, 9.17) is 0 Å². The number of piperazine rings is 1. The molecule has 6 nitrogen and oxygen atoms in total. The van der Waals surface area contributed by atoms with Gasteiger partial charge in [-0.3, -0.25) is 9.69 Å². The van der Waals surface area contributed by atoms with Gasteiger partial charge in [0.2, 0.25) is 11.0 Å². The van der Waals surface area contributed by atoms with Crippen molar-refractivity contribution in [2.45, 2.75) is 12.5 Å². The summed E-state index contributed by atoms with van der Waals surface area (Å²) in [6, 6.07) is 9.98. The van der Waals surface area contributed by atoms with Crippen LogP contribution in [0.5, 0.6) is 0 Å². The van der Waals surface area contributed by atoms with Crippen LogP contribution < -0.4 is 9.80 Å². The molecule has 120 valence electrons. The number of benzene rings is 1. The summed E-state index contributed by atoms with van der Waals surface area (Å²) in [6.07, 6.45) is 2.51. The minimum absolute atomic E-state index is 0.0202. The molecule has 0 saturated carbocycles. The normalized spacial score (nSPS) is 22.8. The number of amides is 1. The van der Waals surface area contributed by atoms with Gasteiger partial charge in [-0.2, -0.15) is 4.37 Å². The van der Waals surface area contributed by atoms with Gasteiger partial charge in [-0.05, 0) is 18.6 Å². The molecule has 0 aliphatic carbocycles. The summed E-state index contributed by atoms with van der Waals surface area (Å²) >= 11 is 1.43. The molecule has 1 aromatic heterocycles. The van der Waals surface area contributed by atoms with E-state index in [2.05, 4.69) is 19.2 Å². The van der Waals surface area contributed by atoms with E-state index in [0.717, 1.165) is 50.0 Å². The smallest absolute Gasteiger partial charge is 0.244 e. The second-order valence-corrected chi connectivity index (χ2v) is 6.64. The second-order valence-electron chi connectivity index (χ2n) is 5.88. The minimum Gasteiger partial charge on any atom is -0.344 e. The van der Waals surface area contributed by atoms with Gasteiger partial charge in [0.15, 0.2) is 0 Å². The second kappa shape index (κ2) is 6.25. The Kier molecular flexibility index (Phi) is 3.97. The first-order valence-electron chi connectivity index (χ1n) is 7.95. The van der Waals surface area contributed by atoms with E-state index in [1.54, 1.807) is 6.33 Å². The molecule has 7 heteroatoms. The van der Waals surface area contributed by atoms with E-state index in [-0.39, 0.29) is 11.9 Å². The molecule has 3 heterocycles. The molecule has 2 aliphatic heterocycles. The van der Waals surface area contributed by atoms with E-state index < -0.39 is 0 Å². The molecule has 4 rings (SSSR count). The predicted molar refractivity (Wildman–Crippen MR) is 90.9 cm³/mol. The third-order valence-corrected chi connectivity index (χ3v) is 5.35. The lowest BCUT2D eigenvalue weighted by Crippen LogP contribution is -2.52. The van der Waals surface area contributed by atoms with Crippen molar-refractivity contribution < 1.29 is 4.79 Å². The van der Waals surface area contributed by atoms with Crippen molar-refractivity contribution in [2.24, 2.45) is 0 Å². The number of aromatic nitrogens is 2. The van der Waals surface area contributed by atoms with E-state index >= 15 is 0 Å². The summed E-state index contributed by atoms with van der Waals surface area (Å²) in [4.78, 5) is 23.5. The average Bonchev–Trinajstić information content (AvgIpc) is 3.26. The van der Waals surface area contributed by atoms with Crippen molar-refractivity contribution in [3.63, 3.8) is 0 Å². The maximum atomic E-state index is 12.8. The van der Waals surface area contributed by atoms with Gasteiger partial charge < -0.3 is 9.80 Å². The van der Waals surface area contributed by atoms with Crippen LogP contribution >= 0.6 is 11.5 Å². The largest absolute Gasteiger partial charge is 0.344 e. The van der Waals surface area contributed by atoms with Crippen molar-refractivity contribution >= 4 is 28.3 Å². The topological polar surface area (TPSA) is 52.6 Å². The molecule has 2 aromatic rings. The highest BCUT2D eigenvalue weighted by Gasteiger charge is 2.37. The monoisotopic (exact) mass is 329 g/mol. The Morgan fingerprint density at radius 1 is 1.04 bits per heavy atom. The Labute approximate surface area is 139 Å². The van der Waals surface area contributed by atoms with Crippen LogP contribution in [-0.4, -0.2) is 58.9 Å². The number of anilines is 2. The minimum atomic E-state index is 0.0202. The highest BCUT2D eigenvalue weighted by Crippen LogP contribution is 2.26. The van der Waals surface area contributed by atoms with Crippen molar-refractivity contribution in [1.29, 1.82) is 0 Å². The SMILES string of the molecule is O=C1C(N2CCN(c3ncns3)CC2)CCN1c1ccccc1. The first-order chi connectivity index (χ1) is 11.3. The van der Waals surface area contributed by atoms with E-state index in [0.29, 0.717) is 0 Å². The molecule has 2 aliphatic rings. The quantitative estimate of drug-likeness (QED) is 0.853. The van der Waals surface area contributed by atoms with Gasteiger partial charge in [0.05, 0.1) is 6.04 Å². The maximum absolute atomic E-state index is 12.8. The summed E-state index contributed by atoms with van der Waals surface area (Å²) in [5.41, 5.74) is 1.01. The van der Waals surface area contributed by atoms with Crippen molar-refractivity contribution in [3.05, 3.63) is 36.7 Å². The van der Waals surface area contributed by atoms with Gasteiger partial charge in [0, 0.05) is 49.9 Å². The van der Waals surface area contributed by atoms with Gasteiger partial charge in [0.25, 0.3) is 0 Å². The number of hydrogen-bond donors (Lipinski definition) is 0. The third-order valence-electron chi connectivity index (χ3n) is 4.62. The number of para-hydroxylation sites is 1. The lowest BCUT2D eigenvalue weighted by atomic mass is 10.2. The zero-order chi connectivity index (χ0) is 15.6. The Morgan fingerprint density at radius 3 is 2.52 bits per heavy atom. The Hall–Kier alpha value is -1.99. The van der Waals surface area contributed by atoms with E-state index in [1.165, 1.54) is 11.5 Å². The zero-order valence-electron chi connectivity index (χ0n) is 12.8. The van der Waals surface area contributed by atoms with E-state index in [9.17, 15) is 4.79 Å². The molecule has 0 bridgehead atoms. The number of carbonyl (C=O) groups is 1. The van der Waals surface area contributed by atoms with Crippen molar-refractivity contribution in [1.82, 2.24) is 14.3 Å². The first kappa shape index (κ1) is 14.6. The van der Waals surface area contributed by atoms with Crippen LogP contribution in [0.1, 0.15) is 6.42 Å². The maximum Gasteiger partial charge on any atom is 0.244 e. The molecule has 2 saturated heterocycles. The molecule has 1 unspecified atom stereocenters. The molecule has 2 fully saturated rings. The zero-order valence-corrected chi connectivity index (χ0v) is 13.7. The molecule has 1 aromatic carbocycles. The molecule has 0 N–H and O–H groups in total. The molecular weight excluding hydrogens is 310 g/mol. The molecule has 23 heavy (non-hydrogen) atoms. The van der Waals surface area contributed by atoms with E-state index in [1.807, 2.05) is 35.2 Å². The summed E-state index contributed by atoms with van der Waals surface area (Å²) in [5.74, 6) is 0.237. The number of rotatable bonds is 3. The molecule has 0 radical (unpaired) electrons. The van der Waals surface area contributed by atoms with Gasteiger partial charge in [-0.25, -0.2) is 4.98 Å². The molecule has 1 amide bonds. The molecular formula is C16H19N5OS. The van der Waals surface area contributed by atoms with Crippen LogP contribution in [-0.2, 0) is 4.79 Å². The fraction of sp³-hybridized carbons (Fsp3) is 0.438. The Bertz CT molecular complexity index is 654. The first-order valence-corrected chi connectivity index (χ1v) is 8.72. The fourth-order valence-corrected chi connectivity index (χ4v) is 3.98. The number of nitrogens with zero attached hydrogens (tertiary/aromatic N) is 5. The van der Waals surface area contributed by atoms with Crippen LogP contribution in [0.3, 0.4) is 0 Å². The van der Waals surface area contributed by atoms with Crippen LogP contribution in [0.25, 0.3) is 0 Å². The van der Waals surface area contributed by atoms with Crippen LogP contribution in [0, 0.1) is 0 Å². The third kappa shape index (κ3) is 2.82. The Balaban J connectivity index is 1.39. The van der Waals surface area contributed by atoms with Crippen molar-refractivity contribution in [3.8, 4) is 0 Å². The van der Waals surface area contributed by atoms with Crippen LogP contribution in [0.15, 0.2) is 36.7 Å². The average molecular weight is 329 g/mol. The lowest BCUT2D eigenvalue weighted by molar-refractivity contribution is -0.121. The van der Waals surface area contributed by atoms with Crippen LogP contribution in [0.2, 0.25) is 0 Å². The predicted octanol–water partition coefficient (Wildman–Crippen LogP) is 1.47.